The van der Waals surface area contributed by atoms with E-state index < -0.39 is 0 Å². The molecule has 1 amide bonds. The second-order valence-corrected chi connectivity index (χ2v) is 5.10. The number of nitrogens with zero attached hydrogens (tertiary/aromatic N) is 2. The zero-order chi connectivity index (χ0) is 11.5. The highest BCUT2D eigenvalue weighted by atomic mass is 16.3. The van der Waals surface area contributed by atoms with Gasteiger partial charge in [0.05, 0.1) is 0 Å². The maximum atomic E-state index is 11.1. The van der Waals surface area contributed by atoms with Crippen molar-refractivity contribution in [2.24, 2.45) is 5.41 Å². The van der Waals surface area contributed by atoms with Crippen LogP contribution in [-0.2, 0) is 4.79 Å². The van der Waals surface area contributed by atoms with E-state index in [1.807, 2.05) is 4.90 Å². The van der Waals surface area contributed by atoms with Crippen LogP contribution in [0.2, 0.25) is 0 Å². The summed E-state index contributed by atoms with van der Waals surface area (Å²) in [5, 5.41) is 9.17. The van der Waals surface area contributed by atoms with Crippen molar-refractivity contribution >= 4 is 5.91 Å². The van der Waals surface area contributed by atoms with Crippen molar-refractivity contribution in [2.75, 3.05) is 39.3 Å². The van der Waals surface area contributed by atoms with E-state index in [4.69, 9.17) is 0 Å². The van der Waals surface area contributed by atoms with Crippen LogP contribution in [0.4, 0.5) is 0 Å². The number of piperazine rings is 1. The molecule has 4 heteroatoms. The van der Waals surface area contributed by atoms with Gasteiger partial charge in [0.15, 0.2) is 0 Å². The van der Waals surface area contributed by atoms with Gasteiger partial charge in [0.2, 0.25) is 5.91 Å². The van der Waals surface area contributed by atoms with E-state index in [1.165, 1.54) is 0 Å². The maximum Gasteiger partial charge on any atom is 0.219 e. The summed E-state index contributed by atoms with van der Waals surface area (Å²) in [5.74, 6) is 0.163. The molecule has 88 valence electrons. The second kappa shape index (κ2) is 4.94. The lowest BCUT2D eigenvalue weighted by Crippen LogP contribution is -2.50. The Kier molecular flexibility index (Phi) is 4.11. The molecule has 1 aliphatic heterocycles. The summed E-state index contributed by atoms with van der Waals surface area (Å²) in [7, 11) is 0. The Morgan fingerprint density at radius 2 is 1.80 bits per heavy atom. The van der Waals surface area contributed by atoms with E-state index in [0.717, 1.165) is 32.7 Å². The number of aliphatic hydroxyl groups excluding tert-OH is 1. The van der Waals surface area contributed by atoms with Gasteiger partial charge in [-0.05, 0) is 0 Å². The lowest BCUT2D eigenvalue weighted by molar-refractivity contribution is -0.130. The molecule has 0 radical (unpaired) electrons. The van der Waals surface area contributed by atoms with Crippen molar-refractivity contribution < 1.29 is 9.90 Å². The van der Waals surface area contributed by atoms with Crippen LogP contribution in [0.1, 0.15) is 20.8 Å². The predicted molar refractivity (Wildman–Crippen MR) is 59.6 cm³/mol. The third kappa shape index (κ3) is 3.80. The third-order valence-electron chi connectivity index (χ3n) is 2.90. The van der Waals surface area contributed by atoms with E-state index in [2.05, 4.69) is 18.7 Å². The lowest BCUT2D eigenvalue weighted by Gasteiger charge is -2.38. The molecule has 1 fully saturated rings. The van der Waals surface area contributed by atoms with Gasteiger partial charge in [-0.25, -0.2) is 0 Å². The van der Waals surface area contributed by atoms with Crippen molar-refractivity contribution in [3.05, 3.63) is 0 Å². The summed E-state index contributed by atoms with van der Waals surface area (Å²) < 4.78 is 0. The van der Waals surface area contributed by atoms with E-state index in [-0.39, 0.29) is 17.9 Å². The average Bonchev–Trinajstić information content (AvgIpc) is 2.18. The van der Waals surface area contributed by atoms with Crippen molar-refractivity contribution in [1.82, 2.24) is 9.80 Å². The van der Waals surface area contributed by atoms with Crippen molar-refractivity contribution in [1.29, 1.82) is 0 Å². The minimum absolute atomic E-state index is 0.0433. The summed E-state index contributed by atoms with van der Waals surface area (Å²) in [6.45, 7) is 10.3. The fraction of sp³-hybridized carbons (Fsp3) is 0.909. The van der Waals surface area contributed by atoms with Gasteiger partial charge in [0.25, 0.3) is 0 Å². The van der Waals surface area contributed by atoms with Gasteiger partial charge in [-0.1, -0.05) is 13.8 Å². The number of rotatable bonds is 3. The molecule has 1 rings (SSSR count). The number of aliphatic hydroxyl groups is 1. The summed E-state index contributed by atoms with van der Waals surface area (Å²) in [6, 6.07) is 0. The molecular formula is C11H22N2O2. The summed E-state index contributed by atoms with van der Waals surface area (Å²) in [6.07, 6.45) is 0. The highest BCUT2D eigenvalue weighted by Crippen LogP contribution is 2.16. The summed E-state index contributed by atoms with van der Waals surface area (Å²) >= 11 is 0. The minimum atomic E-state index is -0.0433. The van der Waals surface area contributed by atoms with Gasteiger partial charge in [0.1, 0.15) is 0 Å². The van der Waals surface area contributed by atoms with Crippen molar-refractivity contribution in [3.63, 3.8) is 0 Å². The molecule has 1 N–H and O–H groups in total. The maximum absolute atomic E-state index is 11.1. The fourth-order valence-corrected chi connectivity index (χ4v) is 1.88. The molecule has 15 heavy (non-hydrogen) atoms. The molecule has 0 aliphatic carbocycles. The molecule has 0 bridgehead atoms. The second-order valence-electron chi connectivity index (χ2n) is 5.10. The Balaban J connectivity index is 2.35. The van der Waals surface area contributed by atoms with Crippen LogP contribution >= 0.6 is 0 Å². The smallest absolute Gasteiger partial charge is 0.219 e. The standard InChI is InChI=1S/C11H22N2O2/c1-10(15)13-6-4-12(5-7-13)8-11(2,3)9-14/h14H,4-9H2,1-3H3. The minimum Gasteiger partial charge on any atom is -0.396 e. The van der Waals surface area contributed by atoms with Crippen LogP contribution in [0.3, 0.4) is 0 Å². The number of hydrogen-bond donors (Lipinski definition) is 1. The molecule has 0 unspecified atom stereocenters. The Morgan fingerprint density at radius 1 is 1.27 bits per heavy atom. The first kappa shape index (κ1) is 12.5. The lowest BCUT2D eigenvalue weighted by atomic mass is 9.94. The van der Waals surface area contributed by atoms with Crippen LogP contribution in [0.5, 0.6) is 0 Å². The Hall–Kier alpha value is -0.610. The van der Waals surface area contributed by atoms with Crippen LogP contribution in [0.15, 0.2) is 0 Å². The Morgan fingerprint density at radius 3 is 2.20 bits per heavy atom. The van der Waals surface area contributed by atoms with Crippen LogP contribution in [-0.4, -0.2) is 60.1 Å². The van der Waals surface area contributed by atoms with Gasteiger partial charge in [-0.2, -0.15) is 0 Å². The molecule has 1 heterocycles. The zero-order valence-electron chi connectivity index (χ0n) is 9.99. The summed E-state index contributed by atoms with van der Waals surface area (Å²) in [4.78, 5) is 15.3. The van der Waals surface area contributed by atoms with Crippen LogP contribution < -0.4 is 0 Å². The fourth-order valence-electron chi connectivity index (χ4n) is 1.88. The molecule has 0 spiro atoms. The highest BCUT2D eigenvalue weighted by molar-refractivity contribution is 5.73. The monoisotopic (exact) mass is 214 g/mol. The van der Waals surface area contributed by atoms with Crippen molar-refractivity contribution in [2.45, 2.75) is 20.8 Å². The average molecular weight is 214 g/mol. The summed E-state index contributed by atoms with van der Waals surface area (Å²) in [5.41, 5.74) is -0.0433. The van der Waals surface area contributed by atoms with E-state index >= 15 is 0 Å². The van der Waals surface area contributed by atoms with Crippen molar-refractivity contribution in [3.8, 4) is 0 Å². The third-order valence-corrected chi connectivity index (χ3v) is 2.90. The topological polar surface area (TPSA) is 43.8 Å². The van der Waals surface area contributed by atoms with E-state index in [9.17, 15) is 9.90 Å². The highest BCUT2D eigenvalue weighted by Gasteiger charge is 2.24. The number of carbonyl (C=O) groups is 1. The quantitative estimate of drug-likeness (QED) is 0.728. The SMILES string of the molecule is CC(=O)N1CCN(CC(C)(C)CO)CC1. The normalized spacial score (nSPS) is 19.3. The largest absolute Gasteiger partial charge is 0.396 e. The van der Waals surface area contributed by atoms with Crippen LogP contribution in [0.25, 0.3) is 0 Å². The van der Waals surface area contributed by atoms with E-state index in [1.54, 1.807) is 6.92 Å². The number of amides is 1. The Bertz CT molecular complexity index is 221. The molecule has 1 aliphatic rings. The first-order valence-corrected chi connectivity index (χ1v) is 5.53. The Labute approximate surface area is 91.9 Å². The molecule has 4 nitrogen and oxygen atoms in total. The first-order valence-electron chi connectivity index (χ1n) is 5.53. The molecular weight excluding hydrogens is 192 g/mol. The van der Waals surface area contributed by atoms with Crippen LogP contribution in [0, 0.1) is 5.41 Å². The van der Waals surface area contributed by atoms with Gasteiger partial charge in [-0.3, -0.25) is 9.69 Å². The molecule has 0 aromatic carbocycles. The van der Waals surface area contributed by atoms with Gasteiger partial charge >= 0.3 is 0 Å². The van der Waals surface area contributed by atoms with E-state index in [0.29, 0.717) is 0 Å². The molecule has 0 saturated carbocycles. The van der Waals surface area contributed by atoms with Gasteiger partial charge < -0.3 is 10.0 Å². The van der Waals surface area contributed by atoms with Gasteiger partial charge in [0, 0.05) is 51.7 Å². The number of hydrogen-bond acceptors (Lipinski definition) is 3. The molecule has 1 saturated heterocycles. The number of carbonyl (C=O) groups excluding carboxylic acids is 1. The zero-order valence-corrected chi connectivity index (χ0v) is 9.99. The molecule has 0 atom stereocenters. The molecule has 0 aromatic heterocycles. The van der Waals surface area contributed by atoms with Gasteiger partial charge in [-0.15, -0.1) is 0 Å². The first-order chi connectivity index (χ1) is 6.94. The molecule has 0 aromatic rings. The predicted octanol–water partition coefficient (Wildman–Crippen LogP) is 0.169.